The van der Waals surface area contributed by atoms with Crippen LogP contribution in [-0.2, 0) is 5.41 Å². The molecule has 0 N–H and O–H groups in total. The molecule has 4 nitrogen and oxygen atoms in total. The molecule has 1 fully saturated rings. The first-order valence-electron chi connectivity index (χ1n) is 7.68. The van der Waals surface area contributed by atoms with Gasteiger partial charge in [-0.15, -0.1) is 0 Å². The first-order valence-corrected chi connectivity index (χ1v) is 7.68. The minimum atomic E-state index is 0.116. The van der Waals surface area contributed by atoms with Gasteiger partial charge in [0.2, 0.25) is 0 Å². The zero-order chi connectivity index (χ0) is 14.8. The lowest BCUT2D eigenvalue weighted by atomic mass is 9.86. The van der Waals surface area contributed by atoms with Crippen LogP contribution in [0.4, 0.5) is 5.82 Å². The minimum Gasteiger partial charge on any atom is -0.356 e. The van der Waals surface area contributed by atoms with Crippen molar-refractivity contribution in [3.05, 3.63) is 18.1 Å². The molecule has 0 spiro atoms. The lowest BCUT2D eigenvalue weighted by Gasteiger charge is -2.36. The number of likely N-dealkylation sites (tertiary alicyclic amines) is 1. The number of nitrogens with zero attached hydrogens (tertiary/aromatic N) is 4. The molecule has 0 amide bonds. The average Bonchev–Trinajstić information content (AvgIpc) is 2.47. The second kappa shape index (κ2) is 6.08. The van der Waals surface area contributed by atoms with Gasteiger partial charge >= 0.3 is 0 Å². The Morgan fingerprint density at radius 3 is 2.55 bits per heavy atom. The van der Waals surface area contributed by atoms with Crippen molar-refractivity contribution < 1.29 is 0 Å². The molecule has 1 aliphatic heterocycles. The first kappa shape index (κ1) is 15.2. The molecule has 4 heteroatoms. The van der Waals surface area contributed by atoms with E-state index in [4.69, 9.17) is 0 Å². The van der Waals surface area contributed by atoms with Crippen LogP contribution >= 0.6 is 0 Å². The SMILES string of the molecule is CCC(C)(C)c1cc(N(C)C2CCN(C)CC2)ncn1. The van der Waals surface area contributed by atoms with Crippen molar-refractivity contribution in [2.75, 3.05) is 32.1 Å². The molecular weight excluding hydrogens is 248 g/mol. The fourth-order valence-corrected chi connectivity index (χ4v) is 2.66. The van der Waals surface area contributed by atoms with Crippen molar-refractivity contribution in [2.45, 2.75) is 51.5 Å². The minimum absolute atomic E-state index is 0.116. The highest BCUT2D eigenvalue weighted by atomic mass is 15.2. The van der Waals surface area contributed by atoms with E-state index in [9.17, 15) is 0 Å². The molecule has 1 aromatic heterocycles. The number of rotatable bonds is 4. The van der Waals surface area contributed by atoms with Gasteiger partial charge in [0.1, 0.15) is 12.1 Å². The number of anilines is 1. The van der Waals surface area contributed by atoms with Crippen LogP contribution in [0.25, 0.3) is 0 Å². The van der Waals surface area contributed by atoms with E-state index in [1.165, 1.54) is 25.9 Å². The van der Waals surface area contributed by atoms with Crippen LogP contribution in [0.3, 0.4) is 0 Å². The normalized spacial score (nSPS) is 18.2. The summed E-state index contributed by atoms with van der Waals surface area (Å²) in [5.41, 5.74) is 1.26. The van der Waals surface area contributed by atoms with Crippen LogP contribution in [-0.4, -0.2) is 48.1 Å². The molecule has 0 aromatic carbocycles. The third-order valence-corrected chi connectivity index (χ3v) is 4.83. The predicted molar refractivity (Wildman–Crippen MR) is 84.3 cm³/mol. The van der Waals surface area contributed by atoms with E-state index < -0.39 is 0 Å². The maximum atomic E-state index is 4.48. The van der Waals surface area contributed by atoms with Crippen LogP contribution in [0.2, 0.25) is 0 Å². The molecule has 0 radical (unpaired) electrons. The smallest absolute Gasteiger partial charge is 0.132 e. The third kappa shape index (κ3) is 3.29. The van der Waals surface area contributed by atoms with E-state index >= 15 is 0 Å². The van der Waals surface area contributed by atoms with Gasteiger partial charge in [0, 0.05) is 24.6 Å². The standard InChI is InChI=1S/C16H28N4/c1-6-16(2,3)14-11-15(18-12-17-14)20(5)13-7-9-19(4)10-8-13/h11-13H,6-10H2,1-5H3. The number of hydrogen-bond donors (Lipinski definition) is 0. The molecule has 0 bridgehead atoms. The van der Waals surface area contributed by atoms with Gasteiger partial charge in [0.05, 0.1) is 5.69 Å². The predicted octanol–water partition coefficient (Wildman–Crippen LogP) is 2.69. The maximum absolute atomic E-state index is 4.48. The molecule has 0 aliphatic carbocycles. The average molecular weight is 276 g/mol. The van der Waals surface area contributed by atoms with Crippen molar-refractivity contribution in [1.82, 2.24) is 14.9 Å². The summed E-state index contributed by atoms with van der Waals surface area (Å²) in [6.07, 6.45) is 5.22. The topological polar surface area (TPSA) is 32.3 Å². The Bertz CT molecular complexity index is 436. The van der Waals surface area contributed by atoms with E-state index in [2.05, 4.69) is 60.7 Å². The van der Waals surface area contributed by atoms with Gasteiger partial charge in [0.15, 0.2) is 0 Å². The molecule has 0 unspecified atom stereocenters. The van der Waals surface area contributed by atoms with Gasteiger partial charge in [-0.25, -0.2) is 9.97 Å². The van der Waals surface area contributed by atoms with Gasteiger partial charge in [-0.3, -0.25) is 0 Å². The van der Waals surface area contributed by atoms with Crippen molar-refractivity contribution in [1.29, 1.82) is 0 Å². The molecule has 1 saturated heterocycles. The zero-order valence-electron chi connectivity index (χ0n) is 13.6. The van der Waals surface area contributed by atoms with Crippen molar-refractivity contribution in [2.24, 2.45) is 0 Å². The van der Waals surface area contributed by atoms with E-state index in [-0.39, 0.29) is 5.41 Å². The van der Waals surface area contributed by atoms with Gasteiger partial charge in [-0.05, 0) is 39.4 Å². The third-order valence-electron chi connectivity index (χ3n) is 4.83. The Kier molecular flexibility index (Phi) is 4.63. The monoisotopic (exact) mass is 276 g/mol. The largest absolute Gasteiger partial charge is 0.356 e. The van der Waals surface area contributed by atoms with Crippen molar-refractivity contribution in [3.8, 4) is 0 Å². The molecular formula is C16H28N4. The van der Waals surface area contributed by atoms with E-state index in [1.807, 2.05) is 0 Å². The highest BCUT2D eigenvalue weighted by Gasteiger charge is 2.24. The zero-order valence-corrected chi connectivity index (χ0v) is 13.6. The molecule has 0 atom stereocenters. The lowest BCUT2D eigenvalue weighted by Crippen LogP contribution is -2.42. The first-order chi connectivity index (χ1) is 9.44. The fraction of sp³-hybridized carbons (Fsp3) is 0.750. The van der Waals surface area contributed by atoms with Crippen LogP contribution in [0.5, 0.6) is 0 Å². The van der Waals surface area contributed by atoms with Crippen molar-refractivity contribution >= 4 is 5.82 Å². The second-order valence-corrected chi connectivity index (χ2v) is 6.64. The summed E-state index contributed by atoms with van der Waals surface area (Å²) in [7, 11) is 4.36. The quantitative estimate of drug-likeness (QED) is 0.846. The molecule has 2 rings (SSSR count). The van der Waals surface area contributed by atoms with Crippen LogP contribution < -0.4 is 4.90 Å². The Balaban J connectivity index is 2.14. The summed E-state index contributed by atoms with van der Waals surface area (Å²) < 4.78 is 0. The second-order valence-electron chi connectivity index (χ2n) is 6.64. The van der Waals surface area contributed by atoms with E-state index in [0.29, 0.717) is 6.04 Å². The van der Waals surface area contributed by atoms with E-state index in [0.717, 1.165) is 17.9 Å². The highest BCUT2D eigenvalue weighted by molar-refractivity contribution is 5.40. The molecule has 112 valence electrons. The Morgan fingerprint density at radius 1 is 1.30 bits per heavy atom. The van der Waals surface area contributed by atoms with Crippen LogP contribution in [0, 0.1) is 0 Å². The van der Waals surface area contributed by atoms with Gasteiger partial charge in [-0.2, -0.15) is 0 Å². The number of piperidine rings is 1. The molecule has 1 aromatic rings. The molecule has 20 heavy (non-hydrogen) atoms. The van der Waals surface area contributed by atoms with Gasteiger partial charge < -0.3 is 9.80 Å². The summed E-state index contributed by atoms with van der Waals surface area (Å²) in [4.78, 5) is 13.7. The number of hydrogen-bond acceptors (Lipinski definition) is 4. The Hall–Kier alpha value is -1.16. The fourth-order valence-electron chi connectivity index (χ4n) is 2.66. The highest BCUT2D eigenvalue weighted by Crippen LogP contribution is 2.27. The van der Waals surface area contributed by atoms with Crippen molar-refractivity contribution in [3.63, 3.8) is 0 Å². The van der Waals surface area contributed by atoms with E-state index in [1.54, 1.807) is 6.33 Å². The van der Waals surface area contributed by atoms with Crippen LogP contribution in [0.1, 0.15) is 45.7 Å². The summed E-state index contributed by atoms with van der Waals surface area (Å²) >= 11 is 0. The Labute approximate surface area is 123 Å². The molecule has 1 aliphatic rings. The molecule has 2 heterocycles. The molecule has 0 saturated carbocycles. The summed E-state index contributed by atoms with van der Waals surface area (Å²) in [6.45, 7) is 9.05. The maximum Gasteiger partial charge on any atom is 0.132 e. The Morgan fingerprint density at radius 2 is 1.95 bits per heavy atom. The summed E-state index contributed by atoms with van der Waals surface area (Å²) in [6, 6.07) is 2.76. The van der Waals surface area contributed by atoms with Gasteiger partial charge in [-0.1, -0.05) is 20.8 Å². The summed E-state index contributed by atoms with van der Waals surface area (Å²) in [5, 5.41) is 0. The van der Waals surface area contributed by atoms with Gasteiger partial charge in [0.25, 0.3) is 0 Å². The number of aromatic nitrogens is 2. The lowest BCUT2D eigenvalue weighted by molar-refractivity contribution is 0.252. The van der Waals surface area contributed by atoms with Crippen LogP contribution in [0.15, 0.2) is 12.4 Å². The summed E-state index contributed by atoms with van der Waals surface area (Å²) in [5.74, 6) is 1.06.